The first-order valence-corrected chi connectivity index (χ1v) is 8.30. The first kappa shape index (κ1) is 16.5. The van der Waals surface area contributed by atoms with E-state index in [4.69, 9.17) is 10.00 Å². The summed E-state index contributed by atoms with van der Waals surface area (Å²) in [7, 11) is 0. The lowest BCUT2D eigenvalue weighted by atomic mass is 10.00. The van der Waals surface area contributed by atoms with Crippen molar-refractivity contribution in [2.75, 3.05) is 19.7 Å². The van der Waals surface area contributed by atoms with Crippen LogP contribution in [0.3, 0.4) is 0 Å². The maximum Gasteiger partial charge on any atom is 0.119 e. The summed E-state index contributed by atoms with van der Waals surface area (Å²) in [5, 5.41) is 18.9. The third-order valence-corrected chi connectivity index (χ3v) is 4.33. The summed E-state index contributed by atoms with van der Waals surface area (Å²) in [5.41, 5.74) is 3.74. The van der Waals surface area contributed by atoms with Gasteiger partial charge in [-0.25, -0.2) is 0 Å². The van der Waals surface area contributed by atoms with Gasteiger partial charge in [-0.05, 0) is 35.2 Å². The van der Waals surface area contributed by atoms with Crippen molar-refractivity contribution in [2.45, 2.75) is 25.5 Å². The molecule has 4 nitrogen and oxygen atoms in total. The highest BCUT2D eigenvalue weighted by molar-refractivity contribution is 5.29. The van der Waals surface area contributed by atoms with Crippen LogP contribution in [0.2, 0.25) is 0 Å². The van der Waals surface area contributed by atoms with E-state index in [9.17, 15) is 5.11 Å². The number of β-amino-alcohol motifs (C(OH)–C–C–N with tert-alkyl or cyclic N) is 1. The van der Waals surface area contributed by atoms with E-state index in [1.165, 1.54) is 11.1 Å². The molecule has 0 bridgehead atoms. The quantitative estimate of drug-likeness (QED) is 0.888. The van der Waals surface area contributed by atoms with Gasteiger partial charge in [0.05, 0.1) is 12.5 Å². The molecule has 2 aromatic carbocycles. The van der Waals surface area contributed by atoms with E-state index in [0.29, 0.717) is 13.0 Å². The molecule has 2 aromatic rings. The zero-order chi connectivity index (χ0) is 16.8. The Morgan fingerprint density at radius 1 is 1.12 bits per heavy atom. The molecular formula is C20H22N2O2. The van der Waals surface area contributed by atoms with Crippen LogP contribution < -0.4 is 4.74 Å². The van der Waals surface area contributed by atoms with Gasteiger partial charge in [-0.15, -0.1) is 0 Å². The smallest absolute Gasteiger partial charge is 0.119 e. The van der Waals surface area contributed by atoms with Crippen LogP contribution >= 0.6 is 0 Å². The van der Waals surface area contributed by atoms with Gasteiger partial charge in [-0.1, -0.05) is 36.4 Å². The van der Waals surface area contributed by atoms with E-state index in [1.54, 1.807) is 0 Å². The molecular weight excluding hydrogens is 300 g/mol. The minimum Gasteiger partial charge on any atom is -0.491 e. The monoisotopic (exact) mass is 322 g/mol. The maximum absolute atomic E-state index is 10.2. The molecule has 1 heterocycles. The molecule has 0 aliphatic carbocycles. The van der Waals surface area contributed by atoms with Crippen molar-refractivity contribution in [1.29, 1.82) is 5.26 Å². The van der Waals surface area contributed by atoms with Crippen LogP contribution in [-0.2, 0) is 19.4 Å². The van der Waals surface area contributed by atoms with Gasteiger partial charge in [-0.2, -0.15) is 5.26 Å². The lowest BCUT2D eigenvalue weighted by molar-refractivity contribution is 0.0638. The number of aliphatic hydroxyl groups is 1. The number of nitriles is 1. The highest BCUT2D eigenvalue weighted by atomic mass is 16.5. The molecule has 124 valence electrons. The Morgan fingerprint density at radius 3 is 2.62 bits per heavy atom. The number of aliphatic hydroxyl groups excluding tert-OH is 1. The van der Waals surface area contributed by atoms with Gasteiger partial charge in [-0.3, -0.25) is 4.90 Å². The molecule has 1 N–H and O–H groups in total. The summed E-state index contributed by atoms with van der Waals surface area (Å²) in [6.07, 6.45) is 0.915. The highest BCUT2D eigenvalue weighted by Crippen LogP contribution is 2.19. The number of ether oxygens (including phenoxy) is 1. The fraction of sp³-hybridized carbons (Fsp3) is 0.350. The van der Waals surface area contributed by atoms with E-state index >= 15 is 0 Å². The van der Waals surface area contributed by atoms with Crippen LogP contribution in [0, 0.1) is 11.3 Å². The van der Waals surface area contributed by atoms with Gasteiger partial charge in [0.2, 0.25) is 0 Å². The van der Waals surface area contributed by atoms with E-state index < -0.39 is 6.10 Å². The van der Waals surface area contributed by atoms with Crippen LogP contribution in [0.25, 0.3) is 0 Å². The van der Waals surface area contributed by atoms with Crippen LogP contribution in [0.4, 0.5) is 0 Å². The standard InChI is InChI=1S/C20H22N2O2/c21-11-9-16-5-7-20(8-6-16)24-15-19(23)14-22-12-10-17-3-1-2-4-18(17)13-22/h1-8,19,23H,9-10,12-15H2. The molecule has 24 heavy (non-hydrogen) atoms. The lowest BCUT2D eigenvalue weighted by Gasteiger charge is -2.30. The second-order valence-corrected chi connectivity index (χ2v) is 6.20. The number of benzene rings is 2. The first-order valence-electron chi connectivity index (χ1n) is 8.30. The van der Waals surface area contributed by atoms with Crippen molar-refractivity contribution >= 4 is 0 Å². The number of hydrogen-bond acceptors (Lipinski definition) is 4. The van der Waals surface area contributed by atoms with E-state index in [1.807, 2.05) is 24.3 Å². The van der Waals surface area contributed by atoms with Gasteiger partial charge in [0, 0.05) is 19.6 Å². The molecule has 0 aromatic heterocycles. The van der Waals surface area contributed by atoms with Gasteiger partial charge in [0.25, 0.3) is 0 Å². The van der Waals surface area contributed by atoms with Crippen molar-refractivity contribution in [1.82, 2.24) is 4.90 Å². The second kappa shape index (κ2) is 7.96. The fourth-order valence-electron chi connectivity index (χ4n) is 3.05. The molecule has 0 saturated heterocycles. The minimum atomic E-state index is -0.519. The molecule has 1 aliphatic rings. The van der Waals surface area contributed by atoms with Crippen molar-refractivity contribution in [3.8, 4) is 11.8 Å². The van der Waals surface area contributed by atoms with E-state index in [-0.39, 0.29) is 6.61 Å². The van der Waals surface area contributed by atoms with Crippen molar-refractivity contribution in [3.63, 3.8) is 0 Å². The lowest BCUT2D eigenvalue weighted by Crippen LogP contribution is -2.38. The average Bonchev–Trinajstić information content (AvgIpc) is 2.61. The van der Waals surface area contributed by atoms with Crippen molar-refractivity contribution < 1.29 is 9.84 Å². The van der Waals surface area contributed by atoms with E-state index in [2.05, 4.69) is 35.2 Å². The molecule has 1 atom stereocenters. The summed E-state index contributed by atoms with van der Waals surface area (Å²) >= 11 is 0. The Labute approximate surface area is 142 Å². The Kier molecular flexibility index (Phi) is 5.47. The first-order chi connectivity index (χ1) is 11.7. The molecule has 0 radical (unpaired) electrons. The molecule has 0 fully saturated rings. The molecule has 0 spiro atoms. The van der Waals surface area contributed by atoms with Crippen LogP contribution in [0.1, 0.15) is 16.7 Å². The molecule has 1 unspecified atom stereocenters. The Hall–Kier alpha value is -2.35. The predicted molar refractivity (Wildman–Crippen MR) is 92.7 cm³/mol. The molecule has 4 heteroatoms. The number of rotatable bonds is 6. The summed E-state index contributed by atoms with van der Waals surface area (Å²) in [6, 6.07) is 18.1. The third-order valence-electron chi connectivity index (χ3n) is 4.33. The molecule has 1 aliphatic heterocycles. The van der Waals surface area contributed by atoms with Crippen molar-refractivity contribution in [3.05, 3.63) is 65.2 Å². The Bertz CT molecular complexity index is 706. The highest BCUT2D eigenvalue weighted by Gasteiger charge is 2.18. The largest absolute Gasteiger partial charge is 0.491 e. The van der Waals surface area contributed by atoms with E-state index in [0.717, 1.165) is 30.8 Å². The van der Waals surface area contributed by atoms with Gasteiger partial charge >= 0.3 is 0 Å². The second-order valence-electron chi connectivity index (χ2n) is 6.20. The van der Waals surface area contributed by atoms with Gasteiger partial charge in [0.1, 0.15) is 18.5 Å². The predicted octanol–water partition coefficient (Wildman–Crippen LogP) is 2.55. The molecule has 0 saturated carbocycles. The summed E-state index contributed by atoms with van der Waals surface area (Å²) in [6.45, 7) is 2.74. The van der Waals surface area contributed by atoms with Gasteiger partial charge in [0.15, 0.2) is 0 Å². The third kappa shape index (κ3) is 4.35. The molecule has 3 rings (SSSR count). The summed E-state index contributed by atoms with van der Waals surface area (Å²) in [5.74, 6) is 0.722. The minimum absolute atomic E-state index is 0.274. The SMILES string of the molecule is N#CCc1ccc(OCC(O)CN2CCc3ccccc3C2)cc1. The van der Waals surface area contributed by atoms with Crippen LogP contribution in [0.15, 0.2) is 48.5 Å². The topological polar surface area (TPSA) is 56.5 Å². The summed E-state index contributed by atoms with van der Waals surface area (Å²) < 4.78 is 5.65. The number of fused-ring (bicyclic) bond motifs is 1. The zero-order valence-electron chi connectivity index (χ0n) is 13.7. The Balaban J connectivity index is 1.46. The molecule has 0 amide bonds. The van der Waals surface area contributed by atoms with Crippen LogP contribution in [-0.4, -0.2) is 35.8 Å². The van der Waals surface area contributed by atoms with Crippen LogP contribution in [0.5, 0.6) is 5.75 Å². The van der Waals surface area contributed by atoms with Gasteiger partial charge < -0.3 is 9.84 Å². The maximum atomic E-state index is 10.2. The zero-order valence-corrected chi connectivity index (χ0v) is 13.7. The summed E-state index contributed by atoms with van der Waals surface area (Å²) in [4.78, 5) is 2.27. The fourth-order valence-corrected chi connectivity index (χ4v) is 3.05. The normalized spacial score (nSPS) is 15.3. The average molecular weight is 322 g/mol. The van der Waals surface area contributed by atoms with Crippen molar-refractivity contribution in [2.24, 2.45) is 0 Å². The Morgan fingerprint density at radius 2 is 1.88 bits per heavy atom. The number of nitrogens with zero attached hydrogens (tertiary/aromatic N) is 2. The number of hydrogen-bond donors (Lipinski definition) is 1.